The maximum Gasteiger partial charge on any atom is 0.406 e. The Balaban J connectivity index is 2.22. The lowest BCUT2D eigenvalue weighted by Gasteiger charge is -2.16. The molecule has 17 heavy (non-hydrogen) atoms. The molecule has 2 atom stereocenters. The second-order valence-electron chi connectivity index (χ2n) is 4.19. The van der Waals surface area contributed by atoms with Crippen molar-refractivity contribution >= 4 is 5.82 Å². The van der Waals surface area contributed by atoms with Gasteiger partial charge in [-0.3, -0.25) is 0 Å². The Morgan fingerprint density at radius 2 is 2.29 bits per heavy atom. The summed E-state index contributed by atoms with van der Waals surface area (Å²) in [5, 5.41) is 20.4. The first-order chi connectivity index (χ1) is 8.08. The van der Waals surface area contributed by atoms with Crippen molar-refractivity contribution in [3.8, 4) is 5.75 Å². The molecule has 2 rings (SSSR count). The van der Waals surface area contributed by atoms with E-state index in [1.807, 2.05) is 0 Å². The molecule has 0 amide bonds. The molecule has 0 saturated heterocycles. The zero-order valence-electron chi connectivity index (χ0n) is 9.50. The number of pyridine rings is 1. The number of aromatic nitrogens is 1. The van der Waals surface area contributed by atoms with Gasteiger partial charge in [0.1, 0.15) is 11.8 Å². The molecule has 6 nitrogen and oxygen atoms in total. The molecule has 0 aliphatic heterocycles. The second-order valence-corrected chi connectivity index (χ2v) is 4.19. The third kappa shape index (κ3) is 2.52. The van der Waals surface area contributed by atoms with Crippen molar-refractivity contribution in [1.29, 1.82) is 0 Å². The van der Waals surface area contributed by atoms with Crippen LogP contribution in [0.2, 0.25) is 0 Å². The normalized spacial score (nSPS) is 23.6. The Morgan fingerprint density at radius 3 is 2.88 bits per heavy atom. The molecule has 0 spiro atoms. The monoisotopic (exact) mass is 238 g/mol. The Hall–Kier alpha value is -1.69. The molecule has 2 unspecified atom stereocenters. The molecule has 1 N–H and O–H groups in total. The van der Waals surface area contributed by atoms with E-state index in [-0.39, 0.29) is 17.7 Å². The summed E-state index contributed by atoms with van der Waals surface area (Å²) in [6, 6.07) is 3.19. The largest absolute Gasteiger partial charge is 0.480 e. The smallest absolute Gasteiger partial charge is 0.406 e. The van der Waals surface area contributed by atoms with Crippen LogP contribution in [0.25, 0.3) is 0 Å². The molecule has 1 fully saturated rings. The van der Waals surface area contributed by atoms with Crippen molar-refractivity contribution in [2.75, 3.05) is 0 Å². The average molecular weight is 238 g/mol. The summed E-state index contributed by atoms with van der Waals surface area (Å²) in [5.74, 6) is -0.157. The fourth-order valence-corrected chi connectivity index (χ4v) is 1.96. The van der Waals surface area contributed by atoms with Gasteiger partial charge in [-0.25, -0.2) is 0 Å². The fraction of sp³-hybridized carbons (Fsp3) is 0.545. The zero-order chi connectivity index (χ0) is 12.4. The van der Waals surface area contributed by atoms with Gasteiger partial charge >= 0.3 is 5.82 Å². The number of hydrogen-bond acceptors (Lipinski definition) is 5. The SMILES string of the molecule is Cc1ccc(OC2CCCC2O)c([N+](=O)[O-])n1. The minimum absolute atomic E-state index is 0.131. The lowest BCUT2D eigenvalue weighted by Crippen LogP contribution is -2.26. The predicted octanol–water partition coefficient (Wildman–Crippen LogP) is 1.59. The quantitative estimate of drug-likeness (QED) is 0.638. The molecule has 1 aliphatic carbocycles. The van der Waals surface area contributed by atoms with E-state index >= 15 is 0 Å². The molecule has 0 radical (unpaired) electrons. The van der Waals surface area contributed by atoms with Crippen molar-refractivity contribution in [3.05, 3.63) is 27.9 Å². The van der Waals surface area contributed by atoms with E-state index < -0.39 is 11.0 Å². The summed E-state index contributed by atoms with van der Waals surface area (Å²) in [6.07, 6.45) is 1.36. The summed E-state index contributed by atoms with van der Waals surface area (Å²) >= 11 is 0. The molecule has 1 saturated carbocycles. The Kier molecular flexibility index (Phi) is 3.23. The third-order valence-corrected chi connectivity index (χ3v) is 2.85. The molecule has 6 heteroatoms. The van der Waals surface area contributed by atoms with E-state index in [4.69, 9.17) is 4.74 Å². The highest BCUT2D eigenvalue weighted by molar-refractivity contribution is 5.40. The van der Waals surface area contributed by atoms with Crippen molar-refractivity contribution < 1.29 is 14.8 Å². The van der Waals surface area contributed by atoms with Crippen molar-refractivity contribution in [3.63, 3.8) is 0 Å². The number of ether oxygens (including phenoxy) is 1. The average Bonchev–Trinajstić information content (AvgIpc) is 2.67. The number of aryl methyl sites for hydroxylation is 1. The minimum atomic E-state index is -0.566. The van der Waals surface area contributed by atoms with Crippen molar-refractivity contribution in [2.45, 2.75) is 38.4 Å². The third-order valence-electron chi connectivity index (χ3n) is 2.85. The Morgan fingerprint density at radius 1 is 1.53 bits per heavy atom. The first kappa shape index (κ1) is 11.8. The van der Waals surface area contributed by atoms with Gasteiger partial charge in [-0.15, -0.1) is 0 Å². The van der Waals surface area contributed by atoms with Gasteiger partial charge in [0.15, 0.2) is 0 Å². The summed E-state index contributed by atoms with van der Waals surface area (Å²) in [7, 11) is 0. The van der Waals surface area contributed by atoms with E-state index in [0.29, 0.717) is 18.5 Å². The van der Waals surface area contributed by atoms with Gasteiger partial charge in [-0.2, -0.15) is 0 Å². The van der Waals surface area contributed by atoms with Gasteiger partial charge in [-0.05, 0) is 41.3 Å². The maximum atomic E-state index is 10.8. The van der Waals surface area contributed by atoms with Crippen LogP contribution in [0.3, 0.4) is 0 Å². The molecule has 1 aromatic rings. The Labute approximate surface area is 98.4 Å². The lowest BCUT2D eigenvalue weighted by molar-refractivity contribution is -0.390. The summed E-state index contributed by atoms with van der Waals surface area (Å²) in [4.78, 5) is 14.1. The number of rotatable bonds is 3. The van der Waals surface area contributed by atoms with Gasteiger partial charge in [0.25, 0.3) is 0 Å². The first-order valence-corrected chi connectivity index (χ1v) is 5.54. The van der Waals surface area contributed by atoms with Crippen molar-refractivity contribution in [1.82, 2.24) is 4.98 Å². The highest BCUT2D eigenvalue weighted by Gasteiger charge is 2.29. The van der Waals surface area contributed by atoms with E-state index in [1.165, 1.54) is 6.07 Å². The molecule has 0 aromatic carbocycles. The van der Waals surface area contributed by atoms with E-state index in [2.05, 4.69) is 4.98 Å². The van der Waals surface area contributed by atoms with E-state index in [1.54, 1.807) is 13.0 Å². The molecular weight excluding hydrogens is 224 g/mol. The predicted molar refractivity (Wildman–Crippen MR) is 59.9 cm³/mol. The molecule has 1 aromatic heterocycles. The highest BCUT2D eigenvalue weighted by Crippen LogP contribution is 2.30. The second kappa shape index (κ2) is 4.67. The van der Waals surface area contributed by atoms with Gasteiger partial charge < -0.3 is 20.0 Å². The zero-order valence-corrected chi connectivity index (χ0v) is 9.50. The van der Waals surface area contributed by atoms with Crippen LogP contribution in [-0.2, 0) is 0 Å². The Bertz CT molecular complexity index is 435. The molecule has 0 bridgehead atoms. The summed E-state index contributed by atoms with van der Waals surface area (Å²) < 4.78 is 5.48. The van der Waals surface area contributed by atoms with Crippen LogP contribution in [0.1, 0.15) is 25.0 Å². The van der Waals surface area contributed by atoms with Crippen LogP contribution in [0, 0.1) is 17.0 Å². The summed E-state index contributed by atoms with van der Waals surface area (Å²) in [6.45, 7) is 1.68. The van der Waals surface area contributed by atoms with Crippen LogP contribution < -0.4 is 4.74 Å². The lowest BCUT2D eigenvalue weighted by atomic mass is 10.2. The molecule has 92 valence electrons. The van der Waals surface area contributed by atoms with Crippen LogP contribution >= 0.6 is 0 Å². The standard InChI is InChI=1S/C11H14N2O4/c1-7-5-6-10(11(12-7)13(15)16)17-9-4-2-3-8(9)14/h5-6,8-9,14H,2-4H2,1H3. The molecule has 1 aliphatic rings. The summed E-state index contributed by atoms with van der Waals surface area (Å²) in [5.41, 5.74) is 0.566. The first-order valence-electron chi connectivity index (χ1n) is 5.54. The minimum Gasteiger partial charge on any atom is -0.480 e. The van der Waals surface area contributed by atoms with Crippen molar-refractivity contribution in [2.24, 2.45) is 0 Å². The van der Waals surface area contributed by atoms with Crippen LogP contribution in [-0.4, -0.2) is 27.2 Å². The number of aliphatic hydroxyl groups excluding tert-OH is 1. The van der Waals surface area contributed by atoms with Gasteiger partial charge in [0, 0.05) is 6.92 Å². The maximum absolute atomic E-state index is 10.8. The highest BCUT2D eigenvalue weighted by atomic mass is 16.6. The van der Waals surface area contributed by atoms with Crippen LogP contribution in [0.4, 0.5) is 5.82 Å². The van der Waals surface area contributed by atoms with E-state index in [0.717, 1.165) is 6.42 Å². The van der Waals surface area contributed by atoms with Gasteiger partial charge in [0.05, 0.1) is 6.10 Å². The number of hydrogen-bond donors (Lipinski definition) is 1. The van der Waals surface area contributed by atoms with Gasteiger partial charge in [-0.1, -0.05) is 0 Å². The van der Waals surface area contributed by atoms with Crippen LogP contribution in [0.5, 0.6) is 5.75 Å². The number of aliphatic hydroxyl groups is 1. The molecule has 1 heterocycles. The van der Waals surface area contributed by atoms with E-state index in [9.17, 15) is 15.2 Å². The van der Waals surface area contributed by atoms with Crippen LogP contribution in [0.15, 0.2) is 12.1 Å². The topological polar surface area (TPSA) is 85.5 Å². The molecular formula is C11H14N2O4. The fourth-order valence-electron chi connectivity index (χ4n) is 1.96. The number of nitrogens with zero attached hydrogens (tertiary/aromatic N) is 2. The number of nitro groups is 1. The van der Waals surface area contributed by atoms with Gasteiger partial charge in [0.2, 0.25) is 5.75 Å².